The van der Waals surface area contributed by atoms with Crippen LogP contribution in [0.2, 0.25) is 0 Å². The Hall–Kier alpha value is -3.42. The Morgan fingerprint density at radius 3 is 2.50 bits per heavy atom. The third-order valence-corrected chi connectivity index (χ3v) is 7.20. The van der Waals surface area contributed by atoms with Crippen molar-refractivity contribution in [3.05, 3.63) is 48.3 Å². The number of nitrogens with one attached hydrogen (secondary N) is 1. The van der Waals surface area contributed by atoms with Crippen molar-refractivity contribution >= 4 is 17.7 Å². The summed E-state index contributed by atoms with van der Waals surface area (Å²) in [6.45, 7) is 7.06. The van der Waals surface area contributed by atoms with Crippen LogP contribution < -0.4 is 15.8 Å². The maximum absolute atomic E-state index is 13.6. The van der Waals surface area contributed by atoms with Crippen molar-refractivity contribution in [2.24, 2.45) is 23.5 Å². The Bertz CT molecular complexity index is 1090. The van der Waals surface area contributed by atoms with E-state index in [0.29, 0.717) is 32.4 Å². The standard InChI is InChI=1S/C30H42N4O4/c1-5-8-25(28(31)35)26(15-20(2)3)29(36)33-27-9-6-7-14-34(30(27)37)19-21-16-23(18-32-17-21)22-10-12-24(38-4)13-11-22/h10-13,16-18,20,25-27H,5-9,14-15,19H2,1-4H3,(H2,31,35)(H,33,36)/t25?,26?,27-/m0/s1. The van der Waals surface area contributed by atoms with E-state index in [1.54, 1.807) is 19.5 Å². The highest BCUT2D eigenvalue weighted by Crippen LogP contribution is 2.27. The van der Waals surface area contributed by atoms with E-state index in [-0.39, 0.29) is 17.7 Å². The zero-order chi connectivity index (χ0) is 27.7. The number of pyridine rings is 1. The summed E-state index contributed by atoms with van der Waals surface area (Å²) in [5.74, 6) is -0.872. The number of ether oxygens (including phenoxy) is 1. The van der Waals surface area contributed by atoms with Crippen molar-refractivity contribution < 1.29 is 19.1 Å². The van der Waals surface area contributed by atoms with Crippen LogP contribution in [0.15, 0.2) is 42.7 Å². The lowest BCUT2D eigenvalue weighted by Gasteiger charge is -2.29. The average molecular weight is 523 g/mol. The average Bonchev–Trinajstić information content (AvgIpc) is 3.07. The molecule has 1 fully saturated rings. The minimum Gasteiger partial charge on any atom is -0.497 e. The smallest absolute Gasteiger partial charge is 0.245 e. The van der Waals surface area contributed by atoms with Crippen molar-refractivity contribution in [1.82, 2.24) is 15.2 Å². The Morgan fingerprint density at radius 1 is 1.13 bits per heavy atom. The number of benzene rings is 1. The van der Waals surface area contributed by atoms with Crippen molar-refractivity contribution in [2.75, 3.05) is 13.7 Å². The molecule has 1 aromatic heterocycles. The van der Waals surface area contributed by atoms with Crippen LogP contribution in [-0.2, 0) is 20.9 Å². The summed E-state index contributed by atoms with van der Waals surface area (Å²) in [6, 6.07) is 9.20. The van der Waals surface area contributed by atoms with E-state index in [9.17, 15) is 14.4 Å². The fourth-order valence-corrected chi connectivity index (χ4v) is 5.23. The Balaban J connectivity index is 1.74. The molecule has 8 heteroatoms. The molecule has 0 radical (unpaired) electrons. The van der Waals surface area contributed by atoms with Gasteiger partial charge in [-0.1, -0.05) is 39.3 Å². The fraction of sp³-hybridized carbons (Fsp3) is 0.533. The maximum atomic E-state index is 13.6. The molecule has 0 bridgehead atoms. The second-order valence-electron chi connectivity index (χ2n) is 10.7. The molecule has 0 spiro atoms. The van der Waals surface area contributed by atoms with Gasteiger partial charge >= 0.3 is 0 Å². The van der Waals surface area contributed by atoms with Gasteiger partial charge in [0.15, 0.2) is 0 Å². The molecule has 2 heterocycles. The maximum Gasteiger partial charge on any atom is 0.245 e. The predicted octanol–water partition coefficient (Wildman–Crippen LogP) is 4.32. The number of hydrogen-bond acceptors (Lipinski definition) is 5. The summed E-state index contributed by atoms with van der Waals surface area (Å²) in [4.78, 5) is 45.4. The van der Waals surface area contributed by atoms with Gasteiger partial charge in [-0.15, -0.1) is 0 Å². The predicted molar refractivity (Wildman–Crippen MR) is 148 cm³/mol. The number of primary amides is 1. The number of carbonyl (C=O) groups is 3. The number of rotatable bonds is 12. The van der Waals surface area contributed by atoms with Gasteiger partial charge in [-0.3, -0.25) is 19.4 Å². The minimum atomic E-state index is -0.618. The molecule has 3 amide bonds. The number of nitrogens with two attached hydrogens (primary N) is 1. The molecule has 1 saturated heterocycles. The lowest BCUT2D eigenvalue weighted by molar-refractivity contribution is -0.139. The highest BCUT2D eigenvalue weighted by atomic mass is 16.5. The highest BCUT2D eigenvalue weighted by Gasteiger charge is 2.35. The van der Waals surface area contributed by atoms with Crippen molar-refractivity contribution in [3.8, 4) is 16.9 Å². The first-order valence-electron chi connectivity index (χ1n) is 13.7. The van der Waals surface area contributed by atoms with Gasteiger partial charge in [-0.2, -0.15) is 0 Å². The van der Waals surface area contributed by atoms with Crippen LogP contribution in [0.1, 0.15) is 64.9 Å². The highest BCUT2D eigenvalue weighted by molar-refractivity contribution is 5.91. The van der Waals surface area contributed by atoms with Gasteiger partial charge in [0.2, 0.25) is 17.7 Å². The van der Waals surface area contributed by atoms with E-state index >= 15 is 0 Å². The molecule has 3 atom stereocenters. The van der Waals surface area contributed by atoms with Crippen LogP contribution in [0.3, 0.4) is 0 Å². The molecule has 2 aromatic rings. The molecule has 2 unspecified atom stereocenters. The lowest BCUT2D eigenvalue weighted by atomic mass is 9.81. The zero-order valence-corrected chi connectivity index (χ0v) is 23.1. The SMILES string of the molecule is CCCC(C(N)=O)C(CC(C)C)C(=O)N[C@H]1CCCCN(Cc2cncc(-c3ccc(OC)cc3)c2)C1=O. The number of carbonyl (C=O) groups excluding carboxylic acids is 3. The van der Waals surface area contributed by atoms with Gasteiger partial charge in [-0.25, -0.2) is 0 Å². The molecule has 1 aliphatic rings. The number of amides is 3. The van der Waals surface area contributed by atoms with E-state index in [1.807, 2.05) is 56.0 Å². The summed E-state index contributed by atoms with van der Waals surface area (Å²) in [5.41, 5.74) is 8.59. The molecule has 206 valence electrons. The second-order valence-corrected chi connectivity index (χ2v) is 10.7. The Labute approximate surface area is 226 Å². The summed E-state index contributed by atoms with van der Waals surface area (Å²) in [5, 5.41) is 3.01. The molecular formula is C30H42N4O4. The topological polar surface area (TPSA) is 115 Å². The lowest BCUT2D eigenvalue weighted by Crippen LogP contribution is -2.50. The fourth-order valence-electron chi connectivity index (χ4n) is 5.23. The van der Waals surface area contributed by atoms with Gasteiger partial charge in [0, 0.05) is 42.9 Å². The van der Waals surface area contributed by atoms with Crippen LogP contribution in [-0.4, -0.2) is 47.3 Å². The van der Waals surface area contributed by atoms with E-state index in [1.165, 1.54) is 0 Å². The van der Waals surface area contributed by atoms with Gasteiger partial charge in [-0.05, 0) is 67.3 Å². The van der Waals surface area contributed by atoms with Crippen LogP contribution in [0.4, 0.5) is 0 Å². The van der Waals surface area contributed by atoms with Gasteiger partial charge < -0.3 is 20.7 Å². The number of nitrogens with zero attached hydrogens (tertiary/aromatic N) is 2. The monoisotopic (exact) mass is 522 g/mol. The van der Waals surface area contributed by atoms with E-state index < -0.39 is 23.8 Å². The van der Waals surface area contributed by atoms with E-state index in [2.05, 4.69) is 10.3 Å². The minimum absolute atomic E-state index is 0.0971. The molecule has 3 N–H and O–H groups in total. The van der Waals surface area contributed by atoms with Crippen LogP contribution in [0, 0.1) is 17.8 Å². The van der Waals surface area contributed by atoms with Gasteiger partial charge in [0.05, 0.1) is 7.11 Å². The molecule has 1 aromatic carbocycles. The molecule has 3 rings (SSSR count). The first-order valence-corrected chi connectivity index (χ1v) is 13.7. The number of hydrogen-bond donors (Lipinski definition) is 2. The van der Waals surface area contributed by atoms with Crippen LogP contribution in [0.5, 0.6) is 5.75 Å². The normalized spacial score (nSPS) is 17.6. The van der Waals surface area contributed by atoms with E-state index in [0.717, 1.165) is 41.7 Å². The number of methoxy groups -OCH3 is 1. The van der Waals surface area contributed by atoms with Crippen LogP contribution in [0.25, 0.3) is 11.1 Å². The zero-order valence-electron chi connectivity index (χ0n) is 23.1. The second kappa shape index (κ2) is 13.9. The molecule has 1 aliphatic heterocycles. The third kappa shape index (κ3) is 7.79. The summed E-state index contributed by atoms with van der Waals surface area (Å²) in [6.07, 6.45) is 7.72. The van der Waals surface area contributed by atoms with Crippen molar-refractivity contribution in [3.63, 3.8) is 0 Å². The van der Waals surface area contributed by atoms with Crippen LogP contribution >= 0.6 is 0 Å². The molecule has 38 heavy (non-hydrogen) atoms. The first kappa shape index (κ1) is 29.1. The number of likely N-dealkylation sites (tertiary alicyclic amines) is 1. The largest absolute Gasteiger partial charge is 0.497 e. The Morgan fingerprint density at radius 2 is 1.87 bits per heavy atom. The summed E-state index contributed by atoms with van der Waals surface area (Å²) in [7, 11) is 1.64. The molecule has 0 aliphatic carbocycles. The molecule has 8 nitrogen and oxygen atoms in total. The van der Waals surface area contributed by atoms with Gasteiger partial charge in [0.1, 0.15) is 11.8 Å². The Kier molecular flexibility index (Phi) is 10.7. The van der Waals surface area contributed by atoms with Crippen molar-refractivity contribution in [1.29, 1.82) is 0 Å². The quantitative estimate of drug-likeness (QED) is 0.431. The number of aromatic nitrogens is 1. The molecule has 0 saturated carbocycles. The van der Waals surface area contributed by atoms with E-state index in [4.69, 9.17) is 10.5 Å². The first-order chi connectivity index (χ1) is 18.2. The molecular weight excluding hydrogens is 480 g/mol. The van der Waals surface area contributed by atoms with Gasteiger partial charge in [0.25, 0.3) is 0 Å². The summed E-state index contributed by atoms with van der Waals surface area (Å²) >= 11 is 0. The summed E-state index contributed by atoms with van der Waals surface area (Å²) < 4.78 is 5.25. The van der Waals surface area contributed by atoms with Crippen molar-refractivity contribution in [2.45, 2.75) is 71.9 Å². The third-order valence-electron chi connectivity index (χ3n) is 7.20.